The second kappa shape index (κ2) is 16.5. The molecule has 0 saturated heterocycles. The van der Waals surface area contributed by atoms with E-state index in [4.69, 9.17) is 19.0 Å². The molecule has 276 valence electrons. The first-order valence-corrected chi connectivity index (χ1v) is 19.3. The van der Waals surface area contributed by atoms with E-state index in [0.717, 1.165) is 54.0 Å². The zero-order valence-corrected chi connectivity index (χ0v) is 31.5. The predicted molar refractivity (Wildman–Crippen MR) is 196 cm³/mol. The Balaban J connectivity index is 1.47. The lowest BCUT2D eigenvalue weighted by atomic mass is 9.97. The number of hydrogen-bond acceptors (Lipinski definition) is 9. The number of aromatic nitrogens is 1. The highest BCUT2D eigenvalue weighted by Gasteiger charge is 2.45. The molecule has 2 aromatic carbocycles. The first kappa shape index (κ1) is 38.2. The summed E-state index contributed by atoms with van der Waals surface area (Å²) in [6, 6.07) is 12.6. The maximum Gasteiger partial charge on any atom is 0.268 e. The number of carbonyl (C=O) groups excluding carboxylic acids is 2. The van der Waals surface area contributed by atoms with Crippen molar-refractivity contribution < 1.29 is 32.0 Å². The van der Waals surface area contributed by atoms with E-state index in [1.165, 1.54) is 7.11 Å². The number of amidine groups is 1. The quantitative estimate of drug-likeness (QED) is 0.160. The van der Waals surface area contributed by atoms with Crippen molar-refractivity contribution in [2.75, 3.05) is 31.3 Å². The number of aryl methyl sites for hydroxylation is 1. The average Bonchev–Trinajstić information content (AvgIpc) is 3.84. The van der Waals surface area contributed by atoms with Gasteiger partial charge >= 0.3 is 0 Å². The van der Waals surface area contributed by atoms with Crippen molar-refractivity contribution in [3.63, 3.8) is 0 Å². The fraction of sp³-hybridized carbons (Fsp3) is 0.526. The lowest BCUT2D eigenvalue weighted by molar-refractivity contribution is -0.131. The summed E-state index contributed by atoms with van der Waals surface area (Å²) in [5.41, 5.74) is 2.30. The summed E-state index contributed by atoms with van der Waals surface area (Å²) >= 11 is 0. The lowest BCUT2D eigenvalue weighted by Gasteiger charge is -2.25. The van der Waals surface area contributed by atoms with E-state index in [-0.39, 0.29) is 54.9 Å². The fourth-order valence-corrected chi connectivity index (χ4v) is 8.34. The molecule has 1 saturated carbocycles. The highest BCUT2D eigenvalue weighted by Crippen LogP contribution is 2.36. The molecule has 12 nitrogen and oxygen atoms in total. The van der Waals surface area contributed by atoms with E-state index < -0.39 is 15.6 Å². The molecule has 1 N–H and O–H groups in total. The van der Waals surface area contributed by atoms with E-state index in [1.54, 1.807) is 49.9 Å². The maximum absolute atomic E-state index is 14.3. The number of benzene rings is 2. The summed E-state index contributed by atoms with van der Waals surface area (Å²) in [6.45, 7) is 10.1. The van der Waals surface area contributed by atoms with Gasteiger partial charge in [-0.1, -0.05) is 67.7 Å². The highest BCUT2D eigenvalue weighted by molar-refractivity contribution is 7.93. The topological polar surface area (TPSA) is 144 Å². The number of anilines is 1. The van der Waals surface area contributed by atoms with Crippen molar-refractivity contribution in [2.45, 2.75) is 103 Å². The molecule has 1 aromatic heterocycles. The third-order valence-electron chi connectivity index (χ3n) is 9.81. The average molecular weight is 722 g/mol. The van der Waals surface area contributed by atoms with Gasteiger partial charge in [0.15, 0.2) is 11.4 Å². The molecule has 0 radical (unpaired) electrons. The molecule has 51 heavy (non-hydrogen) atoms. The van der Waals surface area contributed by atoms with Crippen LogP contribution >= 0.6 is 0 Å². The molecule has 0 spiro atoms. The van der Waals surface area contributed by atoms with Crippen LogP contribution < -0.4 is 9.62 Å². The lowest BCUT2D eigenvalue weighted by Crippen LogP contribution is -2.48. The number of aliphatic imine (C=N–C) groups is 1. The van der Waals surface area contributed by atoms with Crippen LogP contribution in [0, 0.1) is 19.8 Å². The molecule has 1 aliphatic carbocycles. The Morgan fingerprint density at radius 3 is 2.53 bits per heavy atom. The smallest absolute Gasteiger partial charge is 0.268 e. The Morgan fingerprint density at radius 1 is 1.12 bits per heavy atom. The number of amides is 2. The molecule has 1 atom stereocenters. The molecule has 1 unspecified atom stereocenters. The number of rotatable bonds is 17. The van der Waals surface area contributed by atoms with Gasteiger partial charge < -0.3 is 19.3 Å². The molecule has 0 bridgehead atoms. The number of unbranched alkanes of at least 4 members (excludes halogenated alkanes) is 1. The van der Waals surface area contributed by atoms with Crippen molar-refractivity contribution in [2.24, 2.45) is 10.9 Å². The van der Waals surface area contributed by atoms with Gasteiger partial charge in [0.2, 0.25) is 5.91 Å². The Labute approximate surface area is 301 Å². The Morgan fingerprint density at radius 2 is 1.86 bits per heavy atom. The molecule has 2 aliphatic rings. The van der Waals surface area contributed by atoms with Gasteiger partial charge in [0.05, 0.1) is 24.6 Å². The molecule has 13 heteroatoms. The second-order valence-electron chi connectivity index (χ2n) is 13.6. The summed E-state index contributed by atoms with van der Waals surface area (Å²) in [5, 5.41) is 7.06. The molecular formula is C38H51N5O7S. The van der Waals surface area contributed by atoms with Gasteiger partial charge in [-0.05, 0) is 69.7 Å². The maximum atomic E-state index is 14.3. The van der Waals surface area contributed by atoms with E-state index in [9.17, 15) is 18.0 Å². The van der Waals surface area contributed by atoms with Crippen LogP contribution in [0.1, 0.15) is 88.2 Å². The third-order valence-corrected chi connectivity index (χ3v) is 11.6. The van der Waals surface area contributed by atoms with Gasteiger partial charge in [-0.2, -0.15) is 0 Å². The number of methoxy groups -OCH3 is 1. The molecule has 2 heterocycles. The first-order valence-electron chi connectivity index (χ1n) is 17.9. The largest absolute Gasteiger partial charge is 0.377 e. The van der Waals surface area contributed by atoms with E-state index in [0.29, 0.717) is 41.3 Å². The number of carbonyl (C=O) groups is 2. The summed E-state index contributed by atoms with van der Waals surface area (Å²) in [6.07, 6.45) is 6.35. The van der Waals surface area contributed by atoms with Crippen LogP contribution in [0.25, 0.3) is 11.1 Å². The first-order chi connectivity index (χ1) is 24.4. The van der Waals surface area contributed by atoms with E-state index in [1.807, 2.05) is 25.1 Å². The fourth-order valence-electron chi connectivity index (χ4n) is 6.75. The molecular weight excluding hydrogens is 671 g/mol. The van der Waals surface area contributed by atoms with Gasteiger partial charge in [0.1, 0.15) is 18.3 Å². The standard InChI is InChI=1S/C38H51N5O7S/c1-7-9-18-34-40-38(5,24-39-36(44)29-14-10-11-15-29)37(45)42(34)22-28-19-20-31(30(21-28)23-49-8-2)32-16-12-13-17-33(32)51(46,47)43(25-48-6)35-26(3)27(4)50-41-35/h12-13,16-17,19-21,29H,7-11,14-15,18,22-25H2,1-6H3,(H,39,44). The second-order valence-corrected chi connectivity index (χ2v) is 15.4. The highest BCUT2D eigenvalue weighted by atomic mass is 32.2. The van der Waals surface area contributed by atoms with Crippen molar-refractivity contribution >= 4 is 33.5 Å². The van der Waals surface area contributed by atoms with E-state index in [2.05, 4.69) is 17.4 Å². The van der Waals surface area contributed by atoms with Crippen molar-refractivity contribution in [1.82, 2.24) is 15.4 Å². The van der Waals surface area contributed by atoms with Crippen molar-refractivity contribution in [3.05, 3.63) is 64.9 Å². The van der Waals surface area contributed by atoms with Crippen LogP contribution in [0.2, 0.25) is 0 Å². The van der Waals surface area contributed by atoms with E-state index >= 15 is 0 Å². The summed E-state index contributed by atoms with van der Waals surface area (Å²) < 4.78 is 46.3. The summed E-state index contributed by atoms with van der Waals surface area (Å²) in [5.74, 6) is 1.24. The SMILES string of the molecule is CCCCC1=NC(C)(CNC(=O)C2CCCC2)C(=O)N1Cc1ccc(-c2ccccc2S(=O)(=O)N(COC)c2noc(C)c2C)c(COCC)c1. The molecule has 2 amide bonds. The van der Waals surface area contributed by atoms with Gasteiger partial charge in [-0.25, -0.2) is 12.7 Å². The minimum absolute atomic E-state index is 0.000325. The number of sulfonamides is 1. The summed E-state index contributed by atoms with van der Waals surface area (Å²) in [7, 11) is -2.75. The van der Waals surface area contributed by atoms with Gasteiger partial charge in [0, 0.05) is 37.2 Å². The molecule has 1 fully saturated rings. The van der Waals surface area contributed by atoms with Crippen LogP contribution in [0.3, 0.4) is 0 Å². The molecule has 1 aliphatic heterocycles. The van der Waals surface area contributed by atoms with Gasteiger partial charge in [-0.3, -0.25) is 19.5 Å². The third kappa shape index (κ3) is 8.21. The zero-order valence-electron chi connectivity index (χ0n) is 30.7. The van der Waals surface area contributed by atoms with Crippen molar-refractivity contribution in [3.8, 4) is 11.1 Å². The Hall–Kier alpha value is -4.07. The molecule has 3 aromatic rings. The normalized spacial score (nSPS) is 18.0. The van der Waals surface area contributed by atoms with Crippen LogP contribution in [0.15, 0.2) is 56.9 Å². The Kier molecular flexibility index (Phi) is 12.4. The predicted octanol–water partition coefficient (Wildman–Crippen LogP) is 6.29. The van der Waals surface area contributed by atoms with Crippen LogP contribution in [-0.2, 0) is 42.2 Å². The number of nitrogens with one attached hydrogen (secondary N) is 1. The number of ether oxygens (including phenoxy) is 2. The number of hydrogen-bond donors (Lipinski definition) is 1. The number of nitrogens with zero attached hydrogens (tertiary/aromatic N) is 4. The van der Waals surface area contributed by atoms with Crippen LogP contribution in [0.4, 0.5) is 5.82 Å². The summed E-state index contributed by atoms with van der Waals surface area (Å²) in [4.78, 5) is 33.6. The minimum Gasteiger partial charge on any atom is -0.377 e. The van der Waals surface area contributed by atoms with Crippen LogP contribution in [0.5, 0.6) is 0 Å². The van der Waals surface area contributed by atoms with Gasteiger partial charge in [-0.15, -0.1) is 0 Å². The van der Waals surface area contributed by atoms with Gasteiger partial charge in [0.25, 0.3) is 15.9 Å². The zero-order chi connectivity index (χ0) is 36.8. The minimum atomic E-state index is -4.18. The Bertz CT molecular complexity index is 1850. The molecule has 5 rings (SSSR count). The van der Waals surface area contributed by atoms with Crippen LogP contribution in [-0.4, -0.2) is 68.7 Å². The monoisotopic (exact) mass is 721 g/mol. The van der Waals surface area contributed by atoms with Crippen molar-refractivity contribution in [1.29, 1.82) is 0 Å².